The van der Waals surface area contributed by atoms with Crippen LogP contribution < -0.4 is 0 Å². The summed E-state index contributed by atoms with van der Waals surface area (Å²) in [5, 5.41) is 28.2. The maximum atomic E-state index is 11.2. The monoisotopic (exact) mass is 225 g/mol. The molecule has 0 fully saturated rings. The lowest BCUT2D eigenvalue weighted by atomic mass is 10.0. The van der Waals surface area contributed by atoms with Gasteiger partial charge in [0, 0.05) is 19.2 Å². The van der Waals surface area contributed by atoms with Crippen LogP contribution in [0.2, 0.25) is 0 Å². The van der Waals surface area contributed by atoms with Crippen LogP contribution in [0.1, 0.15) is 0 Å². The Morgan fingerprint density at radius 1 is 1.50 bits per heavy atom. The fraction of sp³-hybridized carbons (Fsp3) is 0.364. The molecule has 5 nitrogen and oxygen atoms in total. The van der Waals surface area contributed by atoms with Gasteiger partial charge in [-0.15, -0.1) is 6.58 Å². The standard InChI is InChI=1S/C11H15NO4/c1-2-5-12(6-7-13)10-8-9(14)3-4-11(10,15)16/h2-4,8,13,15-16H,1,5-7H2. The molecule has 0 spiro atoms. The lowest BCUT2D eigenvalue weighted by molar-refractivity contribution is -0.118. The number of rotatable bonds is 5. The van der Waals surface area contributed by atoms with E-state index in [1.165, 1.54) is 4.90 Å². The zero-order valence-electron chi connectivity index (χ0n) is 8.83. The summed E-state index contributed by atoms with van der Waals surface area (Å²) in [6, 6.07) is 0. The highest BCUT2D eigenvalue weighted by Gasteiger charge is 2.32. The molecular weight excluding hydrogens is 210 g/mol. The molecule has 0 saturated carbocycles. The van der Waals surface area contributed by atoms with Gasteiger partial charge in [-0.05, 0) is 12.2 Å². The van der Waals surface area contributed by atoms with Crippen LogP contribution in [-0.4, -0.2) is 51.5 Å². The Labute approximate surface area is 93.6 Å². The van der Waals surface area contributed by atoms with Crippen molar-refractivity contribution in [2.24, 2.45) is 0 Å². The Bertz CT molecular complexity index is 344. The third-order valence-corrected chi connectivity index (χ3v) is 2.20. The van der Waals surface area contributed by atoms with E-state index < -0.39 is 5.79 Å². The van der Waals surface area contributed by atoms with Gasteiger partial charge in [-0.1, -0.05) is 6.08 Å². The molecule has 88 valence electrons. The highest BCUT2D eigenvalue weighted by atomic mass is 16.5. The molecule has 0 heterocycles. The minimum Gasteiger partial charge on any atom is -0.395 e. The van der Waals surface area contributed by atoms with Gasteiger partial charge in [-0.25, -0.2) is 0 Å². The maximum absolute atomic E-state index is 11.2. The maximum Gasteiger partial charge on any atom is 0.225 e. The summed E-state index contributed by atoms with van der Waals surface area (Å²) in [7, 11) is 0. The summed E-state index contributed by atoms with van der Waals surface area (Å²) < 4.78 is 0. The largest absolute Gasteiger partial charge is 0.395 e. The van der Waals surface area contributed by atoms with E-state index in [4.69, 9.17) is 5.11 Å². The molecule has 0 aromatic carbocycles. The quantitative estimate of drug-likeness (QED) is 0.420. The summed E-state index contributed by atoms with van der Waals surface area (Å²) >= 11 is 0. The number of hydrogen-bond acceptors (Lipinski definition) is 5. The van der Waals surface area contributed by atoms with E-state index in [-0.39, 0.29) is 24.6 Å². The van der Waals surface area contributed by atoms with E-state index in [0.29, 0.717) is 6.54 Å². The number of aliphatic hydroxyl groups is 3. The van der Waals surface area contributed by atoms with Crippen molar-refractivity contribution in [3.63, 3.8) is 0 Å². The molecule has 0 amide bonds. The van der Waals surface area contributed by atoms with Crippen LogP contribution in [0.3, 0.4) is 0 Å². The van der Waals surface area contributed by atoms with Crippen molar-refractivity contribution >= 4 is 5.78 Å². The van der Waals surface area contributed by atoms with Crippen LogP contribution in [0.15, 0.2) is 36.6 Å². The van der Waals surface area contributed by atoms with Crippen molar-refractivity contribution in [3.05, 3.63) is 36.6 Å². The van der Waals surface area contributed by atoms with Gasteiger partial charge in [0.1, 0.15) is 0 Å². The number of hydrogen-bond donors (Lipinski definition) is 3. The van der Waals surface area contributed by atoms with Crippen LogP contribution in [-0.2, 0) is 4.79 Å². The summed E-state index contributed by atoms with van der Waals surface area (Å²) in [5.74, 6) is -2.49. The predicted octanol–water partition coefficient (Wildman–Crippen LogP) is -0.830. The second-order valence-corrected chi connectivity index (χ2v) is 3.45. The average molecular weight is 225 g/mol. The van der Waals surface area contributed by atoms with Crippen LogP contribution >= 0.6 is 0 Å². The van der Waals surface area contributed by atoms with Crippen molar-refractivity contribution in [2.75, 3.05) is 19.7 Å². The molecular formula is C11H15NO4. The van der Waals surface area contributed by atoms with Crippen LogP contribution in [0, 0.1) is 0 Å². The third kappa shape index (κ3) is 2.79. The summed E-state index contributed by atoms with van der Waals surface area (Å²) in [5.41, 5.74) is 0.0500. The minimum absolute atomic E-state index is 0.0500. The molecule has 0 bridgehead atoms. The second kappa shape index (κ2) is 5.07. The number of aliphatic hydroxyl groups excluding tert-OH is 1. The smallest absolute Gasteiger partial charge is 0.225 e. The van der Waals surface area contributed by atoms with Gasteiger partial charge in [0.2, 0.25) is 5.79 Å². The van der Waals surface area contributed by atoms with Gasteiger partial charge in [-0.2, -0.15) is 0 Å². The zero-order chi connectivity index (χ0) is 12.2. The number of allylic oxidation sites excluding steroid dienone is 2. The summed E-state index contributed by atoms with van der Waals surface area (Å²) in [6.07, 6.45) is 4.79. The van der Waals surface area contributed by atoms with E-state index in [0.717, 1.165) is 18.2 Å². The van der Waals surface area contributed by atoms with Crippen LogP contribution in [0.4, 0.5) is 0 Å². The lowest BCUT2D eigenvalue weighted by Gasteiger charge is -2.33. The first-order valence-corrected chi connectivity index (χ1v) is 4.88. The predicted molar refractivity (Wildman–Crippen MR) is 58.3 cm³/mol. The van der Waals surface area contributed by atoms with Crippen molar-refractivity contribution in [1.29, 1.82) is 0 Å². The fourth-order valence-electron chi connectivity index (χ4n) is 1.48. The van der Waals surface area contributed by atoms with Crippen LogP contribution in [0.5, 0.6) is 0 Å². The van der Waals surface area contributed by atoms with E-state index >= 15 is 0 Å². The molecule has 0 unspecified atom stereocenters. The van der Waals surface area contributed by atoms with Crippen molar-refractivity contribution < 1.29 is 20.1 Å². The molecule has 0 atom stereocenters. The normalized spacial score (nSPS) is 18.2. The molecule has 0 aromatic heterocycles. The first kappa shape index (κ1) is 12.6. The number of carbonyl (C=O) groups excluding carboxylic acids is 1. The first-order chi connectivity index (χ1) is 7.51. The van der Waals surface area contributed by atoms with E-state index in [2.05, 4.69) is 6.58 Å². The summed E-state index contributed by atoms with van der Waals surface area (Å²) in [4.78, 5) is 12.7. The Kier molecular flexibility index (Phi) is 4.00. The van der Waals surface area contributed by atoms with Gasteiger partial charge in [-0.3, -0.25) is 4.79 Å². The number of ketones is 1. The van der Waals surface area contributed by atoms with E-state index in [1.807, 2.05) is 0 Å². The lowest BCUT2D eigenvalue weighted by Crippen LogP contribution is -2.42. The Hall–Kier alpha value is -1.43. The topological polar surface area (TPSA) is 81.0 Å². The van der Waals surface area contributed by atoms with Crippen LogP contribution in [0.25, 0.3) is 0 Å². The molecule has 16 heavy (non-hydrogen) atoms. The molecule has 1 rings (SSSR count). The van der Waals surface area contributed by atoms with Crippen molar-refractivity contribution in [2.45, 2.75) is 5.79 Å². The molecule has 0 aliphatic heterocycles. The third-order valence-electron chi connectivity index (χ3n) is 2.20. The molecule has 1 aliphatic rings. The van der Waals surface area contributed by atoms with Gasteiger partial charge in [0.15, 0.2) is 5.78 Å². The minimum atomic E-state index is -2.17. The fourth-order valence-corrected chi connectivity index (χ4v) is 1.48. The molecule has 1 aliphatic carbocycles. The second-order valence-electron chi connectivity index (χ2n) is 3.45. The summed E-state index contributed by atoms with van der Waals surface area (Å²) in [6.45, 7) is 3.89. The highest BCUT2D eigenvalue weighted by molar-refractivity contribution is 6.01. The van der Waals surface area contributed by atoms with Crippen molar-refractivity contribution in [3.8, 4) is 0 Å². The van der Waals surface area contributed by atoms with E-state index in [9.17, 15) is 15.0 Å². The Morgan fingerprint density at radius 2 is 2.19 bits per heavy atom. The Morgan fingerprint density at radius 3 is 2.75 bits per heavy atom. The van der Waals surface area contributed by atoms with Gasteiger partial charge in [0.25, 0.3) is 0 Å². The molecule has 0 radical (unpaired) electrons. The highest BCUT2D eigenvalue weighted by Crippen LogP contribution is 2.23. The SMILES string of the molecule is C=CCN(CCO)C1=CC(=O)C=CC1(O)O. The van der Waals surface area contributed by atoms with Gasteiger partial charge >= 0.3 is 0 Å². The van der Waals surface area contributed by atoms with Crippen molar-refractivity contribution in [1.82, 2.24) is 4.90 Å². The molecule has 3 N–H and O–H groups in total. The molecule has 0 aromatic rings. The number of nitrogens with zero attached hydrogens (tertiary/aromatic N) is 1. The Balaban J connectivity index is 2.96. The average Bonchev–Trinajstić information content (AvgIpc) is 2.22. The van der Waals surface area contributed by atoms with Gasteiger partial charge < -0.3 is 20.2 Å². The molecule has 0 saturated heterocycles. The zero-order valence-corrected chi connectivity index (χ0v) is 8.83. The van der Waals surface area contributed by atoms with E-state index in [1.54, 1.807) is 6.08 Å². The number of carbonyl (C=O) groups is 1. The molecule has 5 heteroatoms. The van der Waals surface area contributed by atoms with Gasteiger partial charge in [0.05, 0.1) is 12.3 Å². The first-order valence-electron chi connectivity index (χ1n) is 4.88.